The van der Waals surface area contributed by atoms with Gasteiger partial charge in [-0.25, -0.2) is 0 Å². The molecule has 3 atom stereocenters. The standard InChI is InChI=1S/C12H21N/c1-3-5-13-12(4-2)11-7-9-6-10(9)8-11/h4,9-13H,2-3,5-8H2,1H3. The van der Waals surface area contributed by atoms with E-state index in [-0.39, 0.29) is 0 Å². The highest BCUT2D eigenvalue weighted by molar-refractivity contribution is 5.03. The summed E-state index contributed by atoms with van der Waals surface area (Å²) < 4.78 is 0. The van der Waals surface area contributed by atoms with Gasteiger partial charge in [0.15, 0.2) is 0 Å². The van der Waals surface area contributed by atoms with Crippen LogP contribution in [-0.2, 0) is 0 Å². The quantitative estimate of drug-likeness (QED) is 0.640. The molecule has 2 fully saturated rings. The van der Waals surface area contributed by atoms with Crippen LogP contribution in [0.5, 0.6) is 0 Å². The Balaban J connectivity index is 1.78. The Labute approximate surface area is 81.6 Å². The first kappa shape index (κ1) is 9.26. The highest BCUT2D eigenvalue weighted by Gasteiger charge is 2.47. The molecule has 74 valence electrons. The zero-order valence-corrected chi connectivity index (χ0v) is 8.63. The van der Waals surface area contributed by atoms with E-state index in [2.05, 4.69) is 24.9 Å². The average Bonchev–Trinajstić information content (AvgIpc) is 2.75. The molecule has 2 aliphatic rings. The van der Waals surface area contributed by atoms with Gasteiger partial charge in [0, 0.05) is 6.04 Å². The molecule has 0 amide bonds. The summed E-state index contributed by atoms with van der Waals surface area (Å²) in [6.45, 7) is 7.30. The minimum Gasteiger partial charge on any atom is -0.310 e. The van der Waals surface area contributed by atoms with Crippen LogP contribution in [0.1, 0.15) is 32.6 Å². The number of hydrogen-bond acceptors (Lipinski definition) is 1. The fourth-order valence-corrected chi connectivity index (χ4v) is 2.81. The molecule has 0 aliphatic heterocycles. The third-order valence-corrected chi connectivity index (χ3v) is 3.67. The summed E-state index contributed by atoms with van der Waals surface area (Å²) in [4.78, 5) is 0. The van der Waals surface area contributed by atoms with E-state index in [1.165, 1.54) is 25.7 Å². The van der Waals surface area contributed by atoms with Crippen molar-refractivity contribution in [2.24, 2.45) is 17.8 Å². The van der Waals surface area contributed by atoms with E-state index in [0.717, 1.165) is 24.3 Å². The summed E-state index contributed by atoms with van der Waals surface area (Å²) in [5.41, 5.74) is 0. The van der Waals surface area contributed by atoms with Gasteiger partial charge in [-0.15, -0.1) is 6.58 Å². The number of hydrogen-bond donors (Lipinski definition) is 1. The highest BCUT2D eigenvalue weighted by Crippen LogP contribution is 2.55. The van der Waals surface area contributed by atoms with E-state index < -0.39 is 0 Å². The summed E-state index contributed by atoms with van der Waals surface area (Å²) in [5.74, 6) is 3.08. The number of rotatable bonds is 5. The molecule has 2 saturated carbocycles. The van der Waals surface area contributed by atoms with Crippen molar-refractivity contribution in [1.82, 2.24) is 5.32 Å². The van der Waals surface area contributed by atoms with Crippen LogP contribution in [0.3, 0.4) is 0 Å². The molecule has 0 saturated heterocycles. The van der Waals surface area contributed by atoms with Crippen molar-refractivity contribution in [3.05, 3.63) is 12.7 Å². The first-order valence-corrected chi connectivity index (χ1v) is 5.71. The largest absolute Gasteiger partial charge is 0.310 e. The van der Waals surface area contributed by atoms with Crippen molar-refractivity contribution < 1.29 is 0 Å². The van der Waals surface area contributed by atoms with Crippen molar-refractivity contribution in [1.29, 1.82) is 0 Å². The fourth-order valence-electron chi connectivity index (χ4n) is 2.81. The summed E-state index contributed by atoms with van der Waals surface area (Å²) in [6, 6.07) is 0.591. The molecule has 0 radical (unpaired) electrons. The minimum absolute atomic E-state index is 0.591. The molecule has 0 spiro atoms. The van der Waals surface area contributed by atoms with Crippen LogP contribution in [0.25, 0.3) is 0 Å². The first-order chi connectivity index (χ1) is 6.35. The molecule has 13 heavy (non-hydrogen) atoms. The second-order valence-corrected chi connectivity index (χ2v) is 4.70. The first-order valence-electron chi connectivity index (χ1n) is 5.71. The van der Waals surface area contributed by atoms with Gasteiger partial charge in [-0.05, 0) is 50.0 Å². The van der Waals surface area contributed by atoms with E-state index >= 15 is 0 Å². The Hall–Kier alpha value is -0.300. The molecule has 2 rings (SSSR count). The maximum atomic E-state index is 3.94. The zero-order valence-electron chi connectivity index (χ0n) is 8.63. The van der Waals surface area contributed by atoms with Gasteiger partial charge in [-0.3, -0.25) is 0 Å². The van der Waals surface area contributed by atoms with Crippen molar-refractivity contribution in [2.45, 2.75) is 38.6 Å². The van der Waals surface area contributed by atoms with Crippen molar-refractivity contribution in [2.75, 3.05) is 6.54 Å². The second kappa shape index (κ2) is 3.83. The van der Waals surface area contributed by atoms with Gasteiger partial charge in [0.25, 0.3) is 0 Å². The molecule has 0 aromatic rings. The van der Waals surface area contributed by atoms with Crippen molar-refractivity contribution >= 4 is 0 Å². The molecule has 0 aromatic carbocycles. The Morgan fingerprint density at radius 3 is 2.62 bits per heavy atom. The van der Waals surface area contributed by atoms with Crippen LogP contribution >= 0.6 is 0 Å². The minimum atomic E-state index is 0.591. The average molecular weight is 179 g/mol. The maximum Gasteiger partial charge on any atom is 0.0275 e. The molecule has 3 unspecified atom stereocenters. The lowest BCUT2D eigenvalue weighted by atomic mass is 9.94. The Bertz CT molecular complexity index is 178. The van der Waals surface area contributed by atoms with Crippen molar-refractivity contribution in [3.63, 3.8) is 0 Å². The lowest BCUT2D eigenvalue weighted by molar-refractivity contribution is 0.383. The van der Waals surface area contributed by atoms with Gasteiger partial charge in [0.2, 0.25) is 0 Å². The molecule has 0 aromatic heterocycles. The van der Waals surface area contributed by atoms with Gasteiger partial charge in [-0.2, -0.15) is 0 Å². The van der Waals surface area contributed by atoms with E-state index in [0.29, 0.717) is 6.04 Å². The second-order valence-electron chi connectivity index (χ2n) is 4.70. The molecule has 1 N–H and O–H groups in total. The lowest BCUT2D eigenvalue weighted by Gasteiger charge is -2.22. The van der Waals surface area contributed by atoms with Gasteiger partial charge in [-0.1, -0.05) is 13.0 Å². The molecule has 0 heterocycles. The van der Waals surface area contributed by atoms with E-state index in [1.54, 1.807) is 0 Å². The van der Waals surface area contributed by atoms with Crippen LogP contribution < -0.4 is 5.32 Å². The smallest absolute Gasteiger partial charge is 0.0275 e. The molecule has 2 aliphatic carbocycles. The Morgan fingerprint density at radius 2 is 2.08 bits per heavy atom. The summed E-state index contributed by atoms with van der Waals surface area (Å²) >= 11 is 0. The molecule has 1 heteroatoms. The summed E-state index contributed by atoms with van der Waals surface area (Å²) in [7, 11) is 0. The normalized spacial score (nSPS) is 38.4. The molecule has 0 bridgehead atoms. The number of nitrogens with one attached hydrogen (secondary N) is 1. The monoisotopic (exact) mass is 179 g/mol. The van der Waals surface area contributed by atoms with Crippen LogP contribution in [0.15, 0.2) is 12.7 Å². The Morgan fingerprint density at radius 1 is 1.38 bits per heavy atom. The third-order valence-electron chi connectivity index (χ3n) is 3.67. The zero-order chi connectivity index (χ0) is 9.26. The highest BCUT2D eigenvalue weighted by atomic mass is 14.9. The van der Waals surface area contributed by atoms with Gasteiger partial charge < -0.3 is 5.32 Å². The summed E-state index contributed by atoms with van der Waals surface area (Å²) in [5, 5.41) is 3.58. The SMILES string of the molecule is C=CC(NCCC)C1CC2CC2C1. The van der Waals surface area contributed by atoms with E-state index in [9.17, 15) is 0 Å². The van der Waals surface area contributed by atoms with E-state index in [4.69, 9.17) is 0 Å². The van der Waals surface area contributed by atoms with Crippen LogP contribution in [0, 0.1) is 17.8 Å². The maximum absolute atomic E-state index is 3.94. The van der Waals surface area contributed by atoms with Gasteiger partial charge in [0.05, 0.1) is 0 Å². The van der Waals surface area contributed by atoms with Crippen molar-refractivity contribution in [3.8, 4) is 0 Å². The predicted molar refractivity (Wildman–Crippen MR) is 56.6 cm³/mol. The molecular formula is C12H21N. The third kappa shape index (κ3) is 1.96. The summed E-state index contributed by atoms with van der Waals surface area (Å²) in [6.07, 6.45) is 7.78. The van der Waals surface area contributed by atoms with Crippen LogP contribution in [-0.4, -0.2) is 12.6 Å². The predicted octanol–water partition coefficient (Wildman–Crippen LogP) is 2.59. The van der Waals surface area contributed by atoms with Crippen LogP contribution in [0.4, 0.5) is 0 Å². The molecular weight excluding hydrogens is 158 g/mol. The lowest BCUT2D eigenvalue weighted by Crippen LogP contribution is -2.34. The van der Waals surface area contributed by atoms with Crippen LogP contribution in [0.2, 0.25) is 0 Å². The Kier molecular flexibility index (Phi) is 2.73. The van der Waals surface area contributed by atoms with E-state index in [1.807, 2.05) is 0 Å². The van der Waals surface area contributed by atoms with Gasteiger partial charge in [0.1, 0.15) is 0 Å². The number of fused-ring (bicyclic) bond motifs is 1. The fraction of sp³-hybridized carbons (Fsp3) is 0.833. The topological polar surface area (TPSA) is 12.0 Å². The molecule has 1 nitrogen and oxygen atoms in total. The van der Waals surface area contributed by atoms with Gasteiger partial charge >= 0.3 is 0 Å².